The van der Waals surface area contributed by atoms with Crippen LogP contribution in [-0.2, 0) is 16.6 Å². The second-order valence-corrected chi connectivity index (χ2v) is 11.3. The highest BCUT2D eigenvalue weighted by molar-refractivity contribution is 5.98. The van der Waals surface area contributed by atoms with Gasteiger partial charge >= 0.3 is 0 Å². The van der Waals surface area contributed by atoms with Crippen LogP contribution in [0.4, 0.5) is 0 Å². The molecule has 4 atom stereocenters. The lowest BCUT2D eigenvalue weighted by Crippen LogP contribution is -2.48. The summed E-state index contributed by atoms with van der Waals surface area (Å²) in [6.45, 7) is 14.8. The molecule has 3 aliphatic rings. The summed E-state index contributed by atoms with van der Waals surface area (Å²) < 4.78 is 0. The molecule has 47 heavy (non-hydrogen) atoms. The van der Waals surface area contributed by atoms with E-state index >= 15 is 0 Å². The normalized spacial score (nSPS) is 20.1. The summed E-state index contributed by atoms with van der Waals surface area (Å²) in [7, 11) is 0. The Morgan fingerprint density at radius 1 is 0.957 bits per heavy atom. The Morgan fingerprint density at radius 2 is 1.43 bits per heavy atom. The molecule has 2 aromatic carbocycles. The number of benzene rings is 2. The molecule has 2 aromatic rings. The third kappa shape index (κ3) is 8.54. The predicted molar refractivity (Wildman–Crippen MR) is 187 cm³/mol. The van der Waals surface area contributed by atoms with Crippen LogP contribution in [0, 0.1) is 28.6 Å². The Kier molecular flexibility index (Phi) is 16.2. The first-order valence-electron chi connectivity index (χ1n) is 16.5. The Labute approximate surface area is 279 Å². The van der Waals surface area contributed by atoms with Gasteiger partial charge in [-0.2, -0.15) is 5.26 Å². The number of nitrogens with zero attached hydrogens (tertiary/aromatic N) is 2. The van der Waals surface area contributed by atoms with Crippen molar-refractivity contribution in [2.45, 2.75) is 91.6 Å². The van der Waals surface area contributed by atoms with Gasteiger partial charge in [0.2, 0.25) is 17.7 Å². The fraction of sp³-hybridized carbons (Fsp3) is 0.514. The largest absolute Gasteiger partial charge is 0.387 e. The van der Waals surface area contributed by atoms with E-state index in [2.05, 4.69) is 43.8 Å². The van der Waals surface area contributed by atoms with Gasteiger partial charge in [0.1, 0.15) is 11.9 Å². The molecule has 1 heterocycles. The summed E-state index contributed by atoms with van der Waals surface area (Å²) in [5, 5.41) is 21.4. The second kappa shape index (κ2) is 18.7. The minimum Gasteiger partial charge on any atom is -0.387 e. The highest BCUT2D eigenvalue weighted by atomic mass is 16.2. The topological polar surface area (TPSA) is 244 Å². The maximum atomic E-state index is 13.0. The van der Waals surface area contributed by atoms with Gasteiger partial charge in [-0.25, -0.2) is 0 Å². The Hall–Kier alpha value is -4.31. The lowest BCUT2D eigenvalue weighted by atomic mass is 9.63. The summed E-state index contributed by atoms with van der Waals surface area (Å²) in [5.41, 5.74) is 20.1. The smallest absolute Gasteiger partial charge is 0.248 e. The molecule has 3 amide bonds. The number of hydrogen-bond acceptors (Lipinski definition) is 8. The quantitative estimate of drug-likeness (QED) is 0.0734. The van der Waals surface area contributed by atoms with Crippen LogP contribution in [-0.4, -0.2) is 53.6 Å². The molecule has 1 saturated heterocycles. The lowest BCUT2D eigenvalue weighted by Gasteiger charge is -2.40. The van der Waals surface area contributed by atoms with Gasteiger partial charge in [0, 0.05) is 17.2 Å². The zero-order chi connectivity index (χ0) is 36.1. The van der Waals surface area contributed by atoms with Gasteiger partial charge in [0.05, 0.1) is 18.0 Å². The van der Waals surface area contributed by atoms with E-state index in [1.54, 1.807) is 41.3 Å². The molecule has 0 aromatic heterocycles. The predicted octanol–water partition coefficient (Wildman–Crippen LogP) is 3.04. The van der Waals surface area contributed by atoms with Crippen molar-refractivity contribution in [1.29, 1.82) is 10.7 Å². The van der Waals surface area contributed by atoms with E-state index in [1.165, 1.54) is 6.42 Å². The molecule has 2 fully saturated rings. The Bertz CT molecular complexity index is 1370. The maximum absolute atomic E-state index is 13.0. The van der Waals surface area contributed by atoms with Crippen LogP contribution in [0.1, 0.15) is 111 Å². The van der Waals surface area contributed by atoms with Crippen LogP contribution in [0.15, 0.2) is 36.4 Å². The molecule has 2 aliphatic carbocycles. The van der Waals surface area contributed by atoms with Gasteiger partial charge in [0.15, 0.2) is 0 Å². The van der Waals surface area contributed by atoms with Crippen molar-refractivity contribution in [2.75, 3.05) is 13.1 Å². The molecule has 3 unspecified atom stereocenters. The molecule has 258 valence electrons. The molecule has 0 radical (unpaired) electrons. The average molecular weight is 650 g/mol. The van der Waals surface area contributed by atoms with E-state index in [-0.39, 0.29) is 30.4 Å². The van der Waals surface area contributed by atoms with E-state index in [1.807, 2.05) is 27.7 Å². The first kappa shape index (κ1) is 40.7. The highest BCUT2D eigenvalue weighted by Crippen LogP contribution is 2.53. The first-order valence-corrected chi connectivity index (χ1v) is 16.5. The Morgan fingerprint density at radius 3 is 1.83 bits per heavy atom. The molecule has 0 bridgehead atoms. The maximum Gasteiger partial charge on any atom is 0.248 e. The van der Waals surface area contributed by atoms with Gasteiger partial charge in [-0.1, -0.05) is 67.0 Å². The number of primary amides is 2. The highest BCUT2D eigenvalue weighted by Gasteiger charge is 2.60. The van der Waals surface area contributed by atoms with E-state index in [4.69, 9.17) is 22.6 Å². The lowest BCUT2D eigenvalue weighted by molar-refractivity contribution is -0.131. The van der Waals surface area contributed by atoms with Crippen molar-refractivity contribution in [2.24, 2.45) is 40.7 Å². The number of piperidine rings is 1. The molecule has 0 spiro atoms. The van der Waals surface area contributed by atoms with Crippen molar-refractivity contribution in [3.8, 4) is 6.07 Å². The SMILES string of the molecule is CC.CC.CCC.C[C@H]1C2CC(C#N)N(C(=O)CNCCC3(C(=N)N)c4ccc(C(N)=O)cc4Cc4cc(C(N)=O)ccc43)C21.NN. The monoisotopic (exact) mass is 649 g/mol. The van der Waals surface area contributed by atoms with Crippen LogP contribution < -0.4 is 34.2 Å². The summed E-state index contributed by atoms with van der Waals surface area (Å²) >= 11 is 0. The second-order valence-electron chi connectivity index (χ2n) is 11.3. The van der Waals surface area contributed by atoms with Crippen LogP contribution in [0.3, 0.4) is 0 Å². The summed E-state index contributed by atoms with van der Waals surface area (Å²) in [6.07, 6.45) is 2.75. The summed E-state index contributed by atoms with van der Waals surface area (Å²) in [5.74, 6) is 7.51. The number of fused-ring (bicyclic) bond motifs is 3. The molecule has 1 aliphatic heterocycles. The van der Waals surface area contributed by atoms with Crippen molar-refractivity contribution in [3.05, 3.63) is 69.8 Å². The molecule has 12 N–H and O–H groups in total. The number of amidine groups is 1. The van der Waals surface area contributed by atoms with Crippen LogP contribution in [0.2, 0.25) is 0 Å². The zero-order valence-corrected chi connectivity index (χ0v) is 29.0. The van der Waals surface area contributed by atoms with Crippen molar-refractivity contribution < 1.29 is 14.4 Å². The van der Waals surface area contributed by atoms with E-state index in [9.17, 15) is 19.6 Å². The molecule has 12 heteroatoms. The van der Waals surface area contributed by atoms with Crippen LogP contribution in [0.5, 0.6) is 0 Å². The van der Waals surface area contributed by atoms with Crippen LogP contribution >= 0.6 is 0 Å². The third-order valence-corrected chi connectivity index (χ3v) is 8.59. The van der Waals surface area contributed by atoms with Gasteiger partial charge in [-0.3, -0.25) is 31.5 Å². The number of carbonyl (C=O) groups excluding carboxylic acids is 3. The number of hydrogen-bond donors (Lipinski definition) is 7. The average Bonchev–Trinajstić information content (AvgIpc) is 3.51. The fourth-order valence-corrected chi connectivity index (χ4v) is 6.60. The Balaban J connectivity index is 0.00000112. The number of carbonyl (C=O) groups is 3. The summed E-state index contributed by atoms with van der Waals surface area (Å²) in [4.78, 5) is 38.5. The number of nitriles is 1. The van der Waals surface area contributed by atoms with E-state index < -0.39 is 17.2 Å². The van der Waals surface area contributed by atoms with Gasteiger partial charge < -0.3 is 27.4 Å². The minimum atomic E-state index is -1.05. The standard InChI is InChI=1S/C28H31N7O3.C3H8.2C2H6.H4N2/c1-14-20-11-19(12-29)35(24(14)20)23(36)13-34-7-6-28(27(32)33)21-4-2-15(25(30)37)8-17(21)10-18-9-16(26(31)38)3-5-22(18)28;1-3-2;3*1-2/h2-5,8-9,14,19-20,24,34H,6-7,10-11,13H2,1H3,(H2,30,37)(H2,31,38)(H3,32,33);3H2,1-2H3;2*1-2H3;1-2H2/t14-,19?,20?,24?;;;;/m0..../s1. The number of amides is 3. The number of hydrazine groups is 1. The van der Waals surface area contributed by atoms with Crippen molar-refractivity contribution in [1.82, 2.24) is 10.2 Å². The van der Waals surface area contributed by atoms with Crippen molar-refractivity contribution >= 4 is 23.6 Å². The fourth-order valence-electron chi connectivity index (χ4n) is 6.60. The first-order chi connectivity index (χ1) is 22.5. The zero-order valence-electron chi connectivity index (χ0n) is 29.0. The van der Waals surface area contributed by atoms with Gasteiger partial charge in [-0.15, -0.1) is 0 Å². The number of nitrogens with one attached hydrogen (secondary N) is 2. The molecular formula is C35H55N9O3. The van der Waals surface area contributed by atoms with Gasteiger partial charge in [0.25, 0.3) is 0 Å². The minimum absolute atomic E-state index is 0.0725. The third-order valence-electron chi connectivity index (χ3n) is 8.59. The molecule has 12 nitrogen and oxygen atoms in total. The number of likely N-dealkylation sites (tertiary alicyclic amines) is 1. The molecule has 1 saturated carbocycles. The number of rotatable bonds is 8. The van der Waals surface area contributed by atoms with Crippen molar-refractivity contribution in [3.63, 3.8) is 0 Å². The van der Waals surface area contributed by atoms with E-state index in [0.717, 1.165) is 28.7 Å². The molecule has 5 rings (SSSR count). The summed E-state index contributed by atoms with van der Waals surface area (Å²) in [6, 6.07) is 12.2. The molecular weight excluding hydrogens is 594 g/mol. The number of nitrogens with two attached hydrogens (primary N) is 5. The van der Waals surface area contributed by atoms with Crippen LogP contribution in [0.25, 0.3) is 0 Å². The van der Waals surface area contributed by atoms with E-state index in [0.29, 0.717) is 42.3 Å². The van der Waals surface area contributed by atoms with Gasteiger partial charge in [-0.05, 0) is 84.2 Å².